The summed E-state index contributed by atoms with van der Waals surface area (Å²) in [5.74, 6) is -0.427. The van der Waals surface area contributed by atoms with E-state index >= 15 is 0 Å². The van der Waals surface area contributed by atoms with Gasteiger partial charge >= 0.3 is 0 Å². The Morgan fingerprint density at radius 3 is 2.28 bits per heavy atom. The van der Waals surface area contributed by atoms with Crippen molar-refractivity contribution in [2.45, 2.75) is 16.7 Å². The lowest BCUT2D eigenvalue weighted by Gasteiger charge is -2.03. The highest BCUT2D eigenvalue weighted by Gasteiger charge is 2.29. The number of fused-ring (bicyclic) bond motifs is 1. The quantitative estimate of drug-likeness (QED) is 0.369. The lowest BCUT2D eigenvalue weighted by molar-refractivity contribution is 0.103. The van der Waals surface area contributed by atoms with Gasteiger partial charge in [0, 0.05) is 30.3 Å². The van der Waals surface area contributed by atoms with Crippen LogP contribution in [0.3, 0.4) is 0 Å². The minimum absolute atomic E-state index is 0.0210. The minimum atomic E-state index is -3.95. The maximum absolute atomic E-state index is 13.5. The third kappa shape index (κ3) is 3.92. The number of halogens is 1. The van der Waals surface area contributed by atoms with Gasteiger partial charge in [0.15, 0.2) is 0 Å². The molecule has 0 saturated heterocycles. The number of rotatable bonds is 5. The van der Waals surface area contributed by atoms with Gasteiger partial charge in [-0.25, -0.2) is 8.42 Å². The van der Waals surface area contributed by atoms with E-state index in [1.54, 1.807) is 61.6 Å². The zero-order valence-electron chi connectivity index (χ0n) is 17.5. The molecule has 0 fully saturated rings. The van der Waals surface area contributed by atoms with Crippen molar-refractivity contribution >= 4 is 53.9 Å². The first kappa shape index (κ1) is 22.4. The lowest BCUT2D eigenvalue weighted by atomic mass is 10.1. The molecule has 2 aromatic carbocycles. The highest BCUT2D eigenvalue weighted by molar-refractivity contribution is 9.10. The number of nitrogens with zero attached hydrogens (tertiary/aromatic N) is 2. The Balaban J connectivity index is 2.02. The van der Waals surface area contributed by atoms with Gasteiger partial charge in [-0.3, -0.25) is 14.0 Å². The molecule has 2 heterocycles. The van der Waals surface area contributed by atoms with Crippen molar-refractivity contribution in [3.8, 4) is 0 Å². The molecule has 0 aliphatic rings. The van der Waals surface area contributed by atoms with Crippen molar-refractivity contribution in [1.82, 2.24) is 9.30 Å². The summed E-state index contributed by atoms with van der Waals surface area (Å²) in [6, 6.07) is 14.5. The lowest BCUT2D eigenvalue weighted by Crippen LogP contribution is -2.27. The largest absolute Gasteiger partial charge is 0.382 e. The number of hydrogen-bond acceptors (Lipinski definition) is 6. The van der Waals surface area contributed by atoms with Gasteiger partial charge < -0.3 is 4.90 Å². The molecule has 32 heavy (non-hydrogen) atoms. The van der Waals surface area contributed by atoms with Crippen molar-refractivity contribution in [1.29, 1.82) is 0 Å². The second kappa shape index (κ2) is 8.31. The summed E-state index contributed by atoms with van der Waals surface area (Å²) in [6.45, 7) is 1.87. The molecule has 4 aromatic rings. The van der Waals surface area contributed by atoms with Gasteiger partial charge in [0.05, 0.1) is 10.6 Å². The van der Waals surface area contributed by atoms with E-state index in [0.29, 0.717) is 10.1 Å². The number of carbonyl (C=O) groups is 1. The van der Waals surface area contributed by atoms with Gasteiger partial charge in [-0.2, -0.15) is 0 Å². The maximum Gasteiger partial charge on any atom is 0.275 e. The molecule has 0 unspecified atom stereocenters. The number of thiazole rings is 1. The van der Waals surface area contributed by atoms with Crippen molar-refractivity contribution in [3.05, 3.63) is 90.8 Å². The summed E-state index contributed by atoms with van der Waals surface area (Å²) in [5.41, 5.74) is 0.880. The molecule has 0 aliphatic carbocycles. The molecule has 0 N–H and O–H groups in total. The van der Waals surface area contributed by atoms with E-state index in [1.165, 1.54) is 22.6 Å². The molecule has 0 saturated carbocycles. The van der Waals surface area contributed by atoms with Gasteiger partial charge in [0.2, 0.25) is 15.6 Å². The molecule has 0 spiro atoms. The van der Waals surface area contributed by atoms with Crippen LogP contribution in [0, 0.1) is 6.92 Å². The fraction of sp³-hybridized carbons (Fsp3) is 0.130. The predicted molar refractivity (Wildman–Crippen MR) is 129 cm³/mol. The SMILES string of the molecule is Cc1ccc(S(=O)(=O)c2cc(C(=O)c3ccc(Br)cc3)n3c(=O)c(=CN(C)C)sc23)cc1. The van der Waals surface area contributed by atoms with Crippen molar-refractivity contribution < 1.29 is 13.2 Å². The first-order valence-electron chi connectivity index (χ1n) is 9.58. The van der Waals surface area contributed by atoms with Gasteiger partial charge in [-0.1, -0.05) is 33.6 Å². The standard InChI is InChI=1S/C23H19BrN2O4S2/c1-14-4-10-17(11-5-14)32(29,30)20-12-18(21(27)15-6-8-16(24)9-7-15)26-22(28)19(13-25(2)3)31-23(20)26/h4-13H,1-3H3. The maximum atomic E-state index is 13.5. The van der Waals surface area contributed by atoms with E-state index in [9.17, 15) is 18.0 Å². The van der Waals surface area contributed by atoms with Crippen LogP contribution in [0.1, 0.15) is 21.6 Å². The summed E-state index contributed by atoms with van der Waals surface area (Å²) in [6.07, 6.45) is 1.62. The average molecular weight is 531 g/mol. The molecule has 4 rings (SSSR count). The Morgan fingerprint density at radius 1 is 1.06 bits per heavy atom. The molecule has 0 radical (unpaired) electrons. The number of aryl methyl sites for hydroxylation is 1. The summed E-state index contributed by atoms with van der Waals surface area (Å²) < 4.78 is 29.3. The van der Waals surface area contributed by atoms with E-state index in [2.05, 4.69) is 15.9 Å². The van der Waals surface area contributed by atoms with E-state index in [0.717, 1.165) is 21.4 Å². The number of benzene rings is 2. The van der Waals surface area contributed by atoms with E-state index in [-0.39, 0.29) is 20.3 Å². The van der Waals surface area contributed by atoms with Crippen molar-refractivity contribution in [2.75, 3.05) is 14.1 Å². The Labute approximate surface area is 197 Å². The van der Waals surface area contributed by atoms with Crippen molar-refractivity contribution in [2.24, 2.45) is 0 Å². The summed E-state index contributed by atoms with van der Waals surface area (Å²) in [4.78, 5) is 28.4. The molecule has 9 heteroatoms. The Bertz CT molecular complexity index is 1550. The number of sulfone groups is 1. The van der Waals surface area contributed by atoms with Crippen LogP contribution in [0.4, 0.5) is 0 Å². The highest BCUT2D eigenvalue weighted by Crippen LogP contribution is 2.30. The van der Waals surface area contributed by atoms with E-state index < -0.39 is 21.2 Å². The highest BCUT2D eigenvalue weighted by atomic mass is 79.9. The molecule has 0 amide bonds. The first-order chi connectivity index (χ1) is 15.1. The van der Waals surface area contributed by atoms with Crippen LogP contribution in [0.15, 0.2) is 73.7 Å². The predicted octanol–water partition coefficient (Wildman–Crippen LogP) is 3.51. The smallest absolute Gasteiger partial charge is 0.275 e. The fourth-order valence-electron chi connectivity index (χ4n) is 3.29. The molecule has 0 atom stereocenters. The number of carbonyl (C=O) groups excluding carboxylic acids is 1. The van der Waals surface area contributed by atoms with Crippen LogP contribution in [-0.4, -0.2) is 37.6 Å². The third-order valence-corrected chi connectivity index (χ3v) is 8.42. The van der Waals surface area contributed by atoms with Crippen LogP contribution in [0.2, 0.25) is 0 Å². The van der Waals surface area contributed by atoms with E-state index in [1.807, 2.05) is 6.92 Å². The Kier molecular flexibility index (Phi) is 5.83. The molecule has 0 aliphatic heterocycles. The first-order valence-corrected chi connectivity index (χ1v) is 12.7. The third-order valence-electron chi connectivity index (χ3n) is 4.88. The van der Waals surface area contributed by atoms with Gasteiger partial charge in [-0.15, -0.1) is 11.3 Å². The number of aromatic nitrogens is 1. The van der Waals surface area contributed by atoms with Crippen LogP contribution in [0.5, 0.6) is 0 Å². The molecule has 164 valence electrons. The second-order valence-corrected chi connectivity index (χ2v) is 11.4. The van der Waals surface area contributed by atoms with Gasteiger partial charge in [0.25, 0.3) is 5.56 Å². The summed E-state index contributed by atoms with van der Waals surface area (Å²) in [7, 11) is -0.412. The van der Waals surface area contributed by atoms with Crippen molar-refractivity contribution in [3.63, 3.8) is 0 Å². The molecule has 0 bridgehead atoms. The molecule has 2 aromatic heterocycles. The average Bonchev–Trinajstić information content (AvgIpc) is 3.26. The van der Waals surface area contributed by atoms with E-state index in [4.69, 9.17) is 0 Å². The summed E-state index contributed by atoms with van der Waals surface area (Å²) in [5, 5.41) is 0. The zero-order chi connectivity index (χ0) is 23.2. The Morgan fingerprint density at radius 2 is 1.69 bits per heavy atom. The minimum Gasteiger partial charge on any atom is -0.382 e. The topological polar surface area (TPSA) is 75.9 Å². The van der Waals surface area contributed by atoms with Crippen LogP contribution in [0.25, 0.3) is 11.0 Å². The monoisotopic (exact) mass is 530 g/mol. The van der Waals surface area contributed by atoms with Crippen LogP contribution >= 0.6 is 27.3 Å². The summed E-state index contributed by atoms with van der Waals surface area (Å²) >= 11 is 4.39. The normalized spacial score (nSPS) is 12.4. The molecular formula is C23H19BrN2O4S2. The van der Waals surface area contributed by atoms with Gasteiger partial charge in [-0.05, 0) is 49.4 Å². The fourth-order valence-corrected chi connectivity index (χ4v) is 6.43. The second-order valence-electron chi connectivity index (χ2n) is 7.55. The zero-order valence-corrected chi connectivity index (χ0v) is 20.7. The number of ketones is 1. The Hall–Kier alpha value is -2.75. The van der Waals surface area contributed by atoms with Crippen LogP contribution < -0.4 is 10.1 Å². The van der Waals surface area contributed by atoms with Crippen LogP contribution in [-0.2, 0) is 9.84 Å². The molecular weight excluding hydrogens is 512 g/mol. The molecule has 6 nitrogen and oxygen atoms in total. The number of hydrogen-bond donors (Lipinski definition) is 0. The van der Waals surface area contributed by atoms with Gasteiger partial charge in [0.1, 0.15) is 14.3 Å².